The Morgan fingerprint density at radius 2 is 2.17 bits per heavy atom. The second-order valence-electron chi connectivity index (χ2n) is 4.45. The predicted molar refractivity (Wildman–Crippen MR) is 71.8 cm³/mol. The van der Waals surface area contributed by atoms with Crippen LogP contribution in [0.25, 0.3) is 0 Å². The van der Waals surface area contributed by atoms with E-state index in [1.807, 2.05) is 31.2 Å². The Balaban J connectivity index is 2.47. The van der Waals surface area contributed by atoms with E-state index in [1.54, 1.807) is 7.11 Å². The van der Waals surface area contributed by atoms with Crippen LogP contribution in [0.1, 0.15) is 24.5 Å². The molecule has 0 saturated heterocycles. The maximum absolute atomic E-state index is 11.7. The quantitative estimate of drug-likeness (QED) is 0.769. The lowest BCUT2D eigenvalue weighted by molar-refractivity contribution is -0.124. The minimum Gasteiger partial charge on any atom is -0.380 e. The summed E-state index contributed by atoms with van der Waals surface area (Å²) in [6.07, 6.45) is 0.718. The Morgan fingerprint density at radius 1 is 1.44 bits per heavy atom. The highest BCUT2D eigenvalue weighted by Gasteiger charge is 2.10. The maximum Gasteiger partial charge on any atom is 0.223 e. The third-order valence-electron chi connectivity index (χ3n) is 2.82. The lowest BCUT2D eigenvalue weighted by Gasteiger charge is -2.11. The second-order valence-corrected chi connectivity index (χ2v) is 4.45. The molecule has 1 rings (SSSR count). The zero-order valence-electron chi connectivity index (χ0n) is 11.1. The smallest absolute Gasteiger partial charge is 0.223 e. The first kappa shape index (κ1) is 14.7. The molecule has 0 fully saturated rings. The van der Waals surface area contributed by atoms with Crippen LogP contribution < -0.4 is 11.1 Å². The first-order valence-corrected chi connectivity index (χ1v) is 6.22. The summed E-state index contributed by atoms with van der Waals surface area (Å²) in [5.41, 5.74) is 7.63. The number of carbonyl (C=O) groups excluding carboxylic acids is 1. The molecule has 0 saturated carbocycles. The van der Waals surface area contributed by atoms with Gasteiger partial charge in [-0.05, 0) is 24.1 Å². The highest BCUT2D eigenvalue weighted by Crippen LogP contribution is 2.07. The number of hydrogen-bond donors (Lipinski definition) is 2. The van der Waals surface area contributed by atoms with Gasteiger partial charge in [-0.2, -0.15) is 0 Å². The summed E-state index contributed by atoms with van der Waals surface area (Å²) < 4.78 is 5.08. The van der Waals surface area contributed by atoms with Crippen molar-refractivity contribution in [1.82, 2.24) is 5.32 Å². The molecule has 3 N–H and O–H groups in total. The van der Waals surface area contributed by atoms with Gasteiger partial charge in [-0.1, -0.05) is 31.2 Å². The second kappa shape index (κ2) is 7.84. The Hall–Kier alpha value is -1.39. The van der Waals surface area contributed by atoms with Gasteiger partial charge in [0.15, 0.2) is 0 Å². The Kier molecular flexibility index (Phi) is 6.39. The van der Waals surface area contributed by atoms with Gasteiger partial charge < -0.3 is 15.8 Å². The molecule has 4 heteroatoms. The van der Waals surface area contributed by atoms with E-state index in [4.69, 9.17) is 10.5 Å². The number of amides is 1. The van der Waals surface area contributed by atoms with Crippen LogP contribution in [0, 0.1) is 5.92 Å². The van der Waals surface area contributed by atoms with E-state index in [2.05, 4.69) is 5.32 Å². The van der Waals surface area contributed by atoms with Gasteiger partial charge in [0.25, 0.3) is 0 Å². The van der Waals surface area contributed by atoms with Gasteiger partial charge in [-0.15, -0.1) is 0 Å². The number of hydrogen-bond acceptors (Lipinski definition) is 3. The molecule has 0 aliphatic carbocycles. The van der Waals surface area contributed by atoms with E-state index in [0.29, 0.717) is 19.7 Å². The third-order valence-corrected chi connectivity index (χ3v) is 2.82. The Labute approximate surface area is 109 Å². The molecule has 0 heterocycles. The fraction of sp³-hybridized carbons (Fsp3) is 0.500. The molecule has 1 aromatic carbocycles. The fourth-order valence-electron chi connectivity index (χ4n) is 1.74. The number of ether oxygens (including phenoxy) is 1. The number of carbonyl (C=O) groups is 1. The average Bonchev–Trinajstić information content (AvgIpc) is 2.37. The van der Waals surface area contributed by atoms with Crippen molar-refractivity contribution in [2.45, 2.75) is 26.5 Å². The molecule has 100 valence electrons. The largest absolute Gasteiger partial charge is 0.380 e. The number of benzene rings is 1. The molecule has 1 aromatic rings. The molecule has 0 spiro atoms. The van der Waals surface area contributed by atoms with Crippen molar-refractivity contribution in [2.24, 2.45) is 11.7 Å². The van der Waals surface area contributed by atoms with Gasteiger partial charge in [-0.3, -0.25) is 4.79 Å². The summed E-state index contributed by atoms with van der Waals surface area (Å²) in [5, 5.41) is 2.92. The van der Waals surface area contributed by atoms with Crippen molar-refractivity contribution < 1.29 is 9.53 Å². The number of nitrogens with two attached hydrogens (primary N) is 1. The number of rotatable bonds is 7. The topological polar surface area (TPSA) is 64.3 Å². The van der Waals surface area contributed by atoms with Crippen LogP contribution in [0.2, 0.25) is 0 Å². The van der Waals surface area contributed by atoms with Crippen LogP contribution in [-0.2, 0) is 22.7 Å². The van der Waals surface area contributed by atoms with E-state index in [0.717, 1.165) is 17.5 Å². The fourth-order valence-corrected chi connectivity index (χ4v) is 1.74. The number of methoxy groups -OCH3 is 1. The van der Waals surface area contributed by atoms with E-state index in [9.17, 15) is 4.79 Å². The average molecular weight is 250 g/mol. The molecule has 1 amide bonds. The molecule has 0 bridgehead atoms. The van der Waals surface area contributed by atoms with E-state index >= 15 is 0 Å². The lowest BCUT2D eigenvalue weighted by atomic mass is 10.1. The minimum absolute atomic E-state index is 0.0304. The summed E-state index contributed by atoms with van der Waals surface area (Å²) in [7, 11) is 1.67. The highest BCUT2D eigenvalue weighted by atomic mass is 16.5. The highest BCUT2D eigenvalue weighted by molar-refractivity contribution is 5.78. The van der Waals surface area contributed by atoms with Crippen LogP contribution in [0.5, 0.6) is 0 Å². The Bertz CT molecular complexity index is 380. The van der Waals surface area contributed by atoms with Crippen LogP contribution in [-0.4, -0.2) is 19.6 Å². The van der Waals surface area contributed by atoms with Crippen LogP contribution in [0.4, 0.5) is 0 Å². The van der Waals surface area contributed by atoms with Gasteiger partial charge in [0, 0.05) is 19.6 Å². The molecule has 1 atom stereocenters. The zero-order chi connectivity index (χ0) is 13.4. The minimum atomic E-state index is -0.0304. The molecule has 0 aliphatic rings. The Morgan fingerprint density at radius 3 is 2.83 bits per heavy atom. The van der Waals surface area contributed by atoms with Crippen molar-refractivity contribution in [1.29, 1.82) is 0 Å². The van der Waals surface area contributed by atoms with Crippen molar-refractivity contribution in [3.8, 4) is 0 Å². The predicted octanol–water partition coefficient (Wildman–Crippen LogP) is 1.43. The monoisotopic (exact) mass is 250 g/mol. The van der Waals surface area contributed by atoms with Crippen molar-refractivity contribution >= 4 is 5.91 Å². The van der Waals surface area contributed by atoms with Gasteiger partial charge in [0.1, 0.15) is 0 Å². The zero-order valence-corrected chi connectivity index (χ0v) is 11.1. The third kappa shape index (κ3) is 4.85. The first-order valence-electron chi connectivity index (χ1n) is 6.22. The number of nitrogens with one attached hydrogen (secondary N) is 1. The molecule has 18 heavy (non-hydrogen) atoms. The molecule has 0 aliphatic heterocycles. The standard InChI is InChI=1S/C14H22N2O2/c1-11(6-7-15)14(17)16-9-12-4-3-5-13(8-12)10-18-2/h3-5,8,11H,6-7,9-10,15H2,1-2H3,(H,16,17). The molecular weight excluding hydrogens is 228 g/mol. The summed E-state index contributed by atoms with van der Waals surface area (Å²) in [6.45, 7) is 3.57. The van der Waals surface area contributed by atoms with Gasteiger partial charge in [0.05, 0.1) is 6.61 Å². The van der Waals surface area contributed by atoms with Crippen LogP contribution in [0.3, 0.4) is 0 Å². The van der Waals surface area contributed by atoms with Gasteiger partial charge >= 0.3 is 0 Å². The summed E-state index contributed by atoms with van der Waals surface area (Å²) in [6, 6.07) is 8.01. The lowest BCUT2D eigenvalue weighted by Crippen LogP contribution is -2.29. The van der Waals surface area contributed by atoms with Gasteiger partial charge in [0.2, 0.25) is 5.91 Å². The summed E-state index contributed by atoms with van der Waals surface area (Å²) >= 11 is 0. The summed E-state index contributed by atoms with van der Waals surface area (Å²) in [4.78, 5) is 11.7. The molecule has 1 unspecified atom stereocenters. The van der Waals surface area contributed by atoms with Crippen LogP contribution >= 0.6 is 0 Å². The van der Waals surface area contributed by atoms with E-state index in [-0.39, 0.29) is 11.8 Å². The SMILES string of the molecule is COCc1cccc(CNC(=O)C(C)CCN)c1. The summed E-state index contributed by atoms with van der Waals surface area (Å²) in [5.74, 6) is 0.0229. The molecule has 0 radical (unpaired) electrons. The normalized spacial score (nSPS) is 12.2. The van der Waals surface area contributed by atoms with E-state index < -0.39 is 0 Å². The molecular formula is C14H22N2O2. The van der Waals surface area contributed by atoms with Gasteiger partial charge in [-0.25, -0.2) is 0 Å². The van der Waals surface area contributed by atoms with Crippen molar-refractivity contribution in [3.05, 3.63) is 35.4 Å². The molecule has 4 nitrogen and oxygen atoms in total. The molecule has 0 aromatic heterocycles. The maximum atomic E-state index is 11.7. The van der Waals surface area contributed by atoms with Crippen molar-refractivity contribution in [2.75, 3.05) is 13.7 Å². The first-order chi connectivity index (χ1) is 8.67. The van der Waals surface area contributed by atoms with Crippen LogP contribution in [0.15, 0.2) is 24.3 Å². The van der Waals surface area contributed by atoms with E-state index in [1.165, 1.54) is 0 Å². The van der Waals surface area contributed by atoms with Crippen molar-refractivity contribution in [3.63, 3.8) is 0 Å².